The summed E-state index contributed by atoms with van der Waals surface area (Å²) in [6, 6.07) is 9.13. The number of furan rings is 1. The molecule has 1 aliphatic heterocycles. The second kappa shape index (κ2) is 9.79. The van der Waals surface area contributed by atoms with Crippen LogP contribution in [0.25, 0.3) is 16.9 Å². The van der Waals surface area contributed by atoms with Crippen LogP contribution in [0.3, 0.4) is 0 Å². The van der Waals surface area contributed by atoms with Crippen molar-refractivity contribution in [2.24, 2.45) is 0 Å². The first-order valence-corrected chi connectivity index (χ1v) is 11.6. The number of amides is 1. The highest BCUT2D eigenvalue weighted by atomic mass is 35.5. The lowest BCUT2D eigenvalue weighted by molar-refractivity contribution is -0.0241. The van der Waals surface area contributed by atoms with Gasteiger partial charge >= 0.3 is 6.09 Å². The van der Waals surface area contributed by atoms with Gasteiger partial charge in [0.1, 0.15) is 17.3 Å². The summed E-state index contributed by atoms with van der Waals surface area (Å²) in [5.41, 5.74) is 2.14. The van der Waals surface area contributed by atoms with Gasteiger partial charge in [0.2, 0.25) is 0 Å². The molecular formula is C25H23ClF2N4O4. The Balaban J connectivity index is 1.53. The molecule has 188 valence electrons. The Bertz CT molecular complexity index is 1410. The van der Waals surface area contributed by atoms with Gasteiger partial charge in [-0.25, -0.2) is 18.6 Å². The number of hydrogen-bond acceptors (Lipinski definition) is 6. The van der Waals surface area contributed by atoms with E-state index >= 15 is 8.78 Å². The van der Waals surface area contributed by atoms with Gasteiger partial charge in [-0.05, 0) is 54.4 Å². The number of benzene rings is 1. The molecule has 0 radical (unpaired) electrons. The van der Waals surface area contributed by atoms with E-state index in [1.807, 2.05) is 25.3 Å². The average molecular weight is 517 g/mol. The van der Waals surface area contributed by atoms with Crippen molar-refractivity contribution in [3.8, 4) is 11.3 Å². The first kappa shape index (κ1) is 24.1. The third-order valence-electron chi connectivity index (χ3n) is 5.99. The summed E-state index contributed by atoms with van der Waals surface area (Å²) in [5, 5.41) is 2.94. The topological polar surface area (TPSA) is 81.2 Å². The number of nitrogens with one attached hydrogen (secondary N) is 1. The number of rotatable bonds is 5. The van der Waals surface area contributed by atoms with Crippen LogP contribution >= 0.6 is 11.6 Å². The van der Waals surface area contributed by atoms with E-state index < -0.39 is 23.8 Å². The van der Waals surface area contributed by atoms with Gasteiger partial charge in [-0.2, -0.15) is 0 Å². The van der Waals surface area contributed by atoms with Crippen LogP contribution < -0.4 is 5.32 Å². The summed E-state index contributed by atoms with van der Waals surface area (Å²) < 4.78 is 48.5. The third-order valence-corrected chi connectivity index (χ3v) is 6.20. The Morgan fingerprint density at radius 2 is 2.03 bits per heavy atom. The van der Waals surface area contributed by atoms with Gasteiger partial charge in [0.15, 0.2) is 11.1 Å². The number of imidazole rings is 1. The number of hydrogen-bond donors (Lipinski definition) is 1. The van der Waals surface area contributed by atoms with Crippen molar-refractivity contribution >= 4 is 34.9 Å². The van der Waals surface area contributed by atoms with Gasteiger partial charge < -0.3 is 28.5 Å². The molecule has 1 saturated heterocycles. The van der Waals surface area contributed by atoms with Crippen LogP contribution in [0.4, 0.5) is 25.1 Å². The summed E-state index contributed by atoms with van der Waals surface area (Å²) in [6.45, 7) is 2.92. The number of methoxy groups -OCH3 is 1. The normalized spacial score (nSPS) is 15.9. The molecular weight excluding hydrogens is 494 g/mol. The molecule has 0 aliphatic carbocycles. The number of pyridine rings is 1. The van der Waals surface area contributed by atoms with Crippen molar-refractivity contribution in [3.05, 3.63) is 70.7 Å². The predicted octanol–water partition coefficient (Wildman–Crippen LogP) is 5.59. The smallest absolute Gasteiger partial charge is 0.409 e. The zero-order valence-corrected chi connectivity index (χ0v) is 20.3. The molecule has 1 fully saturated rings. The molecule has 1 amide bonds. The second-order valence-electron chi connectivity index (χ2n) is 8.50. The van der Waals surface area contributed by atoms with Gasteiger partial charge in [-0.1, -0.05) is 0 Å². The lowest BCUT2D eigenvalue weighted by Crippen LogP contribution is -2.46. The minimum Gasteiger partial charge on any atom is -0.453 e. The Labute approximate surface area is 210 Å². The molecule has 8 nitrogen and oxygen atoms in total. The number of aromatic nitrogens is 2. The van der Waals surface area contributed by atoms with Crippen LogP contribution in [0.1, 0.15) is 11.3 Å². The first-order valence-electron chi connectivity index (χ1n) is 11.3. The molecule has 1 N–H and O–H groups in total. The number of ether oxygens (including phenoxy) is 2. The highest BCUT2D eigenvalue weighted by Crippen LogP contribution is 2.34. The molecule has 3 aromatic heterocycles. The number of nitrogens with zero attached hydrogens (tertiary/aromatic N) is 3. The minimum atomic E-state index is -0.794. The van der Waals surface area contributed by atoms with Gasteiger partial charge in [-0.15, -0.1) is 0 Å². The van der Waals surface area contributed by atoms with Crippen LogP contribution in [0.15, 0.2) is 47.0 Å². The summed E-state index contributed by atoms with van der Waals surface area (Å²) in [7, 11) is 1.32. The monoisotopic (exact) mass is 516 g/mol. The van der Waals surface area contributed by atoms with Crippen molar-refractivity contribution in [2.75, 3.05) is 32.1 Å². The van der Waals surface area contributed by atoms with E-state index in [0.29, 0.717) is 24.5 Å². The van der Waals surface area contributed by atoms with Gasteiger partial charge in [0, 0.05) is 30.9 Å². The molecule has 11 heteroatoms. The van der Waals surface area contributed by atoms with E-state index in [1.165, 1.54) is 25.3 Å². The fourth-order valence-corrected chi connectivity index (χ4v) is 4.49. The molecule has 1 unspecified atom stereocenters. The maximum atomic E-state index is 15.4. The predicted molar refractivity (Wildman–Crippen MR) is 130 cm³/mol. The van der Waals surface area contributed by atoms with Gasteiger partial charge in [-0.3, -0.25) is 0 Å². The number of halogens is 3. The standard InChI is InChI=1S/C25H23ClF2N4O4/c1-14-5-6-32-19(12-16-13-31(7-8-35-16)25(33)34-2)24(30-21(32)9-14)23-17(27)10-15(11-18(23)28)29-22-4-3-20(26)36-22/h3-6,9-11,16,29H,7-8,12-13H2,1-2H3. The number of aryl methyl sites for hydroxylation is 1. The average Bonchev–Trinajstić information content (AvgIpc) is 3.40. The number of carbonyl (C=O) groups excluding carboxylic acids is 1. The quantitative estimate of drug-likeness (QED) is 0.372. The van der Waals surface area contributed by atoms with E-state index in [-0.39, 0.29) is 41.0 Å². The van der Waals surface area contributed by atoms with Crippen LogP contribution in [0, 0.1) is 18.6 Å². The number of carbonyl (C=O) groups is 1. The van der Waals surface area contributed by atoms with Crippen LogP contribution in [0.2, 0.25) is 5.22 Å². The molecule has 1 aliphatic rings. The molecule has 4 heterocycles. The largest absolute Gasteiger partial charge is 0.453 e. The van der Waals surface area contributed by atoms with E-state index in [4.69, 9.17) is 25.5 Å². The number of anilines is 2. The first-order chi connectivity index (χ1) is 17.3. The van der Waals surface area contributed by atoms with Gasteiger partial charge in [0.05, 0.1) is 43.3 Å². The number of morpholine rings is 1. The SMILES string of the molecule is COC(=O)N1CCOC(Cc2c(-c3c(F)cc(Nc4ccc(Cl)o4)cc3F)nc3cc(C)ccn23)C1. The van der Waals surface area contributed by atoms with Crippen molar-refractivity contribution in [2.45, 2.75) is 19.4 Å². The van der Waals surface area contributed by atoms with E-state index in [2.05, 4.69) is 10.3 Å². The minimum absolute atomic E-state index is 0.149. The Hall–Kier alpha value is -3.63. The summed E-state index contributed by atoms with van der Waals surface area (Å²) in [4.78, 5) is 18.1. The molecule has 4 aromatic rings. The number of fused-ring (bicyclic) bond motifs is 1. The van der Waals surface area contributed by atoms with E-state index in [0.717, 1.165) is 5.56 Å². The highest BCUT2D eigenvalue weighted by Gasteiger charge is 2.29. The van der Waals surface area contributed by atoms with Crippen LogP contribution in [-0.4, -0.2) is 53.3 Å². The molecule has 1 aromatic carbocycles. The second-order valence-corrected chi connectivity index (χ2v) is 8.87. The Kier molecular flexibility index (Phi) is 6.55. The summed E-state index contributed by atoms with van der Waals surface area (Å²) >= 11 is 5.77. The lowest BCUT2D eigenvalue weighted by atomic mass is 10.0. The maximum Gasteiger partial charge on any atom is 0.409 e. The Morgan fingerprint density at radius 1 is 1.25 bits per heavy atom. The van der Waals surface area contributed by atoms with Crippen molar-refractivity contribution < 1.29 is 27.5 Å². The van der Waals surface area contributed by atoms with E-state index in [9.17, 15) is 4.79 Å². The van der Waals surface area contributed by atoms with Crippen molar-refractivity contribution in [3.63, 3.8) is 0 Å². The highest BCUT2D eigenvalue weighted by molar-refractivity contribution is 6.29. The summed E-state index contributed by atoms with van der Waals surface area (Å²) in [6.07, 6.45) is 1.23. The van der Waals surface area contributed by atoms with Crippen molar-refractivity contribution in [1.82, 2.24) is 14.3 Å². The molecule has 1 atom stereocenters. The third kappa shape index (κ3) is 4.74. The summed E-state index contributed by atoms with van der Waals surface area (Å²) in [5.74, 6) is -1.34. The fourth-order valence-electron chi connectivity index (χ4n) is 4.34. The fraction of sp³-hybridized carbons (Fsp3) is 0.280. The lowest BCUT2D eigenvalue weighted by Gasteiger charge is -2.32. The zero-order valence-electron chi connectivity index (χ0n) is 19.6. The van der Waals surface area contributed by atoms with Crippen LogP contribution in [0.5, 0.6) is 0 Å². The molecule has 0 bridgehead atoms. The van der Waals surface area contributed by atoms with Crippen molar-refractivity contribution in [1.29, 1.82) is 0 Å². The molecule has 0 spiro atoms. The molecule has 36 heavy (non-hydrogen) atoms. The Morgan fingerprint density at radius 3 is 2.72 bits per heavy atom. The zero-order chi connectivity index (χ0) is 25.4. The maximum absolute atomic E-state index is 15.4. The molecule has 5 rings (SSSR count). The van der Waals surface area contributed by atoms with Crippen LogP contribution in [-0.2, 0) is 15.9 Å². The van der Waals surface area contributed by atoms with Gasteiger partial charge in [0.25, 0.3) is 0 Å². The molecule has 0 saturated carbocycles. The van der Waals surface area contributed by atoms with E-state index in [1.54, 1.807) is 15.4 Å².